The van der Waals surface area contributed by atoms with Gasteiger partial charge in [0.15, 0.2) is 11.5 Å². The second-order valence-electron chi connectivity index (χ2n) is 5.70. The molecule has 7 heteroatoms. The van der Waals surface area contributed by atoms with Gasteiger partial charge < -0.3 is 44.9 Å². The number of hydrogen-bond acceptors (Lipinski definition) is 2. The molecule has 0 unspecified atom stereocenters. The first-order valence-electron chi connectivity index (χ1n) is 8.37. The molecular weight excluding hydrogens is 395 g/mol. The van der Waals surface area contributed by atoms with E-state index in [-0.39, 0.29) is 24.8 Å². The minimum atomic E-state index is 0. The topological polar surface area (TPSA) is 51.7 Å². The molecule has 0 aromatic heterocycles. The molecule has 0 aliphatic rings. The van der Waals surface area contributed by atoms with Gasteiger partial charge in [0.2, 0.25) is 0 Å². The molecule has 0 aliphatic heterocycles. The lowest BCUT2D eigenvalue weighted by Crippen LogP contribution is -3.00. The van der Waals surface area contributed by atoms with Crippen molar-refractivity contribution in [1.82, 2.24) is 0 Å². The highest BCUT2D eigenvalue weighted by atomic mass is 35.5. The van der Waals surface area contributed by atoms with Crippen LogP contribution in [-0.4, -0.2) is 27.2 Å². The van der Waals surface area contributed by atoms with Crippen LogP contribution >= 0.6 is 11.6 Å². The van der Waals surface area contributed by atoms with Crippen molar-refractivity contribution in [2.24, 2.45) is 0 Å². The van der Waals surface area contributed by atoms with E-state index < -0.39 is 0 Å². The molecule has 0 heterocycles. The van der Waals surface area contributed by atoms with Crippen LogP contribution in [0, 0.1) is 0 Å². The van der Waals surface area contributed by atoms with E-state index in [9.17, 15) is 0 Å². The fourth-order valence-electron chi connectivity index (χ4n) is 2.51. The molecule has 0 saturated carbocycles. The SMILES string of the molecule is C[NH2+]CCC[NH2+]Cc1cccc(OC)c1OCc1ccc(Cl)cc1.[Cl-].[Cl-]. The number of para-hydroxylation sites is 1. The summed E-state index contributed by atoms with van der Waals surface area (Å²) in [6.07, 6.45) is 1.20. The van der Waals surface area contributed by atoms with Gasteiger partial charge in [-0.2, -0.15) is 0 Å². The number of nitrogens with two attached hydrogens (primary N) is 2. The van der Waals surface area contributed by atoms with E-state index in [2.05, 4.69) is 23.7 Å². The maximum absolute atomic E-state index is 6.07. The average Bonchev–Trinajstić information content (AvgIpc) is 2.61. The fourth-order valence-corrected chi connectivity index (χ4v) is 2.63. The second-order valence-corrected chi connectivity index (χ2v) is 6.13. The Labute approximate surface area is 173 Å². The summed E-state index contributed by atoms with van der Waals surface area (Å²) in [5.74, 6) is 1.60. The van der Waals surface area contributed by atoms with Gasteiger partial charge >= 0.3 is 0 Å². The predicted octanol–water partition coefficient (Wildman–Crippen LogP) is -4.42. The standard InChI is InChI=1S/C19H25ClN2O2.2ClH/c1-21-11-4-12-22-13-16-5-3-6-18(23-2)19(16)24-14-15-7-9-17(20)10-8-15;;/h3,5-10,21-22H,4,11-14H2,1-2H3;2*1H. The van der Waals surface area contributed by atoms with Crippen molar-refractivity contribution in [2.45, 2.75) is 19.6 Å². The molecule has 0 radical (unpaired) electrons. The van der Waals surface area contributed by atoms with E-state index in [1.54, 1.807) is 7.11 Å². The van der Waals surface area contributed by atoms with Crippen LogP contribution in [0.1, 0.15) is 17.5 Å². The summed E-state index contributed by atoms with van der Waals surface area (Å²) in [5, 5.41) is 5.25. The third-order valence-corrected chi connectivity index (χ3v) is 4.09. The highest BCUT2D eigenvalue weighted by Crippen LogP contribution is 2.31. The fraction of sp³-hybridized carbons (Fsp3) is 0.368. The summed E-state index contributed by atoms with van der Waals surface area (Å²) in [7, 11) is 3.78. The van der Waals surface area contributed by atoms with E-state index >= 15 is 0 Å². The van der Waals surface area contributed by atoms with Gasteiger partial charge in [0.25, 0.3) is 0 Å². The van der Waals surface area contributed by atoms with Crippen molar-refractivity contribution >= 4 is 11.6 Å². The summed E-state index contributed by atoms with van der Waals surface area (Å²) in [6.45, 7) is 3.65. The van der Waals surface area contributed by atoms with Crippen molar-refractivity contribution < 1.29 is 44.9 Å². The molecule has 2 aromatic carbocycles. The highest BCUT2D eigenvalue weighted by molar-refractivity contribution is 6.30. The number of quaternary nitrogens is 2. The maximum atomic E-state index is 6.07. The Morgan fingerprint density at radius 2 is 1.73 bits per heavy atom. The van der Waals surface area contributed by atoms with Gasteiger partial charge in [-0.05, 0) is 29.8 Å². The second kappa shape index (κ2) is 14.0. The number of benzene rings is 2. The first kappa shape index (κ1) is 24.8. The van der Waals surface area contributed by atoms with E-state index in [1.807, 2.05) is 36.4 Å². The molecule has 4 nitrogen and oxygen atoms in total. The molecule has 4 N–H and O–H groups in total. The molecule has 26 heavy (non-hydrogen) atoms. The van der Waals surface area contributed by atoms with Gasteiger partial charge in [-0.25, -0.2) is 0 Å². The van der Waals surface area contributed by atoms with Crippen molar-refractivity contribution in [3.8, 4) is 11.5 Å². The molecule has 0 spiro atoms. The summed E-state index contributed by atoms with van der Waals surface area (Å²) in [4.78, 5) is 0. The summed E-state index contributed by atoms with van der Waals surface area (Å²) in [5.41, 5.74) is 2.24. The van der Waals surface area contributed by atoms with Gasteiger partial charge in [-0.3, -0.25) is 0 Å². The van der Waals surface area contributed by atoms with E-state index in [0.717, 1.165) is 47.3 Å². The number of hydrogen-bond donors (Lipinski definition) is 2. The van der Waals surface area contributed by atoms with Crippen molar-refractivity contribution in [2.75, 3.05) is 27.2 Å². The van der Waals surface area contributed by atoms with Crippen LogP contribution in [0.15, 0.2) is 42.5 Å². The van der Waals surface area contributed by atoms with Crippen LogP contribution in [-0.2, 0) is 13.2 Å². The minimum Gasteiger partial charge on any atom is -1.00 e. The minimum absolute atomic E-state index is 0. The molecule has 2 aromatic rings. The lowest BCUT2D eigenvalue weighted by molar-refractivity contribution is -0.682. The first-order valence-corrected chi connectivity index (χ1v) is 8.75. The monoisotopic (exact) mass is 420 g/mol. The zero-order valence-corrected chi connectivity index (χ0v) is 17.4. The Bertz CT molecular complexity index is 625. The number of rotatable bonds is 10. The molecule has 0 atom stereocenters. The van der Waals surface area contributed by atoms with Crippen molar-refractivity contribution in [1.29, 1.82) is 0 Å². The molecular formula is C19H27Cl3N2O2. The van der Waals surface area contributed by atoms with Crippen LogP contribution < -0.4 is 44.9 Å². The van der Waals surface area contributed by atoms with Gasteiger partial charge in [0.1, 0.15) is 13.2 Å². The van der Waals surface area contributed by atoms with Crippen LogP contribution in [0.25, 0.3) is 0 Å². The Kier molecular flexibility index (Phi) is 13.3. The average molecular weight is 422 g/mol. The van der Waals surface area contributed by atoms with Crippen molar-refractivity contribution in [3.63, 3.8) is 0 Å². The zero-order chi connectivity index (χ0) is 17.2. The predicted molar refractivity (Wildman–Crippen MR) is 96.6 cm³/mol. The van der Waals surface area contributed by atoms with Crippen LogP contribution in [0.5, 0.6) is 11.5 Å². The Morgan fingerprint density at radius 1 is 1.00 bits per heavy atom. The first-order chi connectivity index (χ1) is 11.7. The third kappa shape index (κ3) is 8.02. The Morgan fingerprint density at radius 3 is 2.38 bits per heavy atom. The molecule has 0 bridgehead atoms. The molecule has 0 fully saturated rings. The van der Waals surface area contributed by atoms with Gasteiger partial charge in [-0.1, -0.05) is 29.8 Å². The third-order valence-electron chi connectivity index (χ3n) is 3.84. The molecule has 2 rings (SSSR count). The lowest BCUT2D eigenvalue weighted by Gasteiger charge is -2.14. The quantitative estimate of drug-likeness (QED) is 0.381. The van der Waals surface area contributed by atoms with E-state index in [1.165, 1.54) is 6.42 Å². The Balaban J connectivity index is 0.00000312. The summed E-state index contributed by atoms with van der Waals surface area (Å²) in [6, 6.07) is 13.8. The molecule has 0 aliphatic carbocycles. The lowest BCUT2D eigenvalue weighted by atomic mass is 10.1. The smallest absolute Gasteiger partial charge is 0.170 e. The van der Waals surface area contributed by atoms with Crippen molar-refractivity contribution in [3.05, 3.63) is 58.6 Å². The maximum Gasteiger partial charge on any atom is 0.170 e. The van der Waals surface area contributed by atoms with Gasteiger partial charge in [-0.15, -0.1) is 0 Å². The summed E-state index contributed by atoms with van der Waals surface area (Å²) < 4.78 is 11.5. The van der Waals surface area contributed by atoms with Gasteiger partial charge in [0, 0.05) is 11.4 Å². The number of methoxy groups -OCH3 is 1. The highest BCUT2D eigenvalue weighted by Gasteiger charge is 2.12. The van der Waals surface area contributed by atoms with E-state index in [4.69, 9.17) is 21.1 Å². The Hall–Kier alpha value is -1.17. The number of halogens is 3. The van der Waals surface area contributed by atoms with Gasteiger partial charge in [0.05, 0.1) is 32.8 Å². The van der Waals surface area contributed by atoms with E-state index in [0.29, 0.717) is 6.61 Å². The normalized spacial score (nSPS) is 9.81. The van der Waals surface area contributed by atoms with Crippen LogP contribution in [0.2, 0.25) is 5.02 Å². The zero-order valence-electron chi connectivity index (χ0n) is 15.2. The molecule has 146 valence electrons. The summed E-state index contributed by atoms with van der Waals surface area (Å²) >= 11 is 5.93. The molecule has 0 amide bonds. The van der Waals surface area contributed by atoms with Crippen LogP contribution in [0.3, 0.4) is 0 Å². The number of ether oxygens (including phenoxy) is 2. The molecule has 0 saturated heterocycles. The van der Waals surface area contributed by atoms with Crippen LogP contribution in [0.4, 0.5) is 0 Å². The largest absolute Gasteiger partial charge is 1.00 e.